The Labute approximate surface area is 94.8 Å². The molecule has 0 spiro atoms. The molecule has 1 N–H and O–H groups in total. The van der Waals surface area contributed by atoms with Crippen LogP contribution in [0.5, 0.6) is 0 Å². The van der Waals surface area contributed by atoms with Gasteiger partial charge < -0.3 is 9.67 Å². The van der Waals surface area contributed by atoms with Gasteiger partial charge in [0.15, 0.2) is 0 Å². The average Bonchev–Trinajstić information content (AvgIpc) is 2.78. The van der Waals surface area contributed by atoms with E-state index in [1.54, 1.807) is 0 Å². The van der Waals surface area contributed by atoms with Crippen LogP contribution in [-0.2, 0) is 13.2 Å². The predicted octanol–water partition coefficient (Wildman–Crippen LogP) is 1.92. The van der Waals surface area contributed by atoms with Crippen LogP contribution in [-0.4, -0.2) is 19.3 Å². The fraction of sp³-hybridized carbons (Fsp3) is 0.200. The van der Waals surface area contributed by atoms with Crippen molar-refractivity contribution >= 4 is 26.4 Å². The van der Waals surface area contributed by atoms with E-state index >= 15 is 0 Å². The van der Waals surface area contributed by atoms with Crippen molar-refractivity contribution in [2.45, 2.75) is 13.2 Å². The summed E-state index contributed by atoms with van der Waals surface area (Å²) in [5.41, 5.74) is 2.57. The topological polar surface area (TPSA) is 50.4 Å². The third kappa shape index (κ3) is 1.31. The maximum absolute atomic E-state index is 9.02. The lowest BCUT2D eigenvalue weighted by Crippen LogP contribution is -1.97. The highest BCUT2D eigenvalue weighted by Crippen LogP contribution is 2.35. The average molecular weight is 266 g/mol. The quantitative estimate of drug-likeness (QED) is 0.857. The van der Waals surface area contributed by atoms with Gasteiger partial charge in [0, 0.05) is 11.8 Å². The van der Waals surface area contributed by atoms with Crippen LogP contribution in [0.25, 0.3) is 11.3 Å². The third-order valence-electron chi connectivity index (χ3n) is 2.47. The molecule has 3 aliphatic rings. The second-order valence-electron chi connectivity index (χ2n) is 3.46. The molecular weight excluding hydrogens is 258 g/mol. The molecular formula is C10H8BrN3O. The Morgan fingerprint density at radius 2 is 2.40 bits per heavy atom. The molecule has 0 atom stereocenters. The van der Waals surface area contributed by atoms with Crippen molar-refractivity contribution in [1.29, 1.82) is 0 Å². The van der Waals surface area contributed by atoms with Crippen molar-refractivity contribution in [2.24, 2.45) is 4.99 Å². The molecule has 4 nitrogen and oxygen atoms in total. The van der Waals surface area contributed by atoms with E-state index in [4.69, 9.17) is 5.11 Å². The van der Waals surface area contributed by atoms with Gasteiger partial charge >= 0.3 is 0 Å². The van der Waals surface area contributed by atoms with Crippen LogP contribution >= 0.6 is 15.9 Å². The van der Waals surface area contributed by atoms with E-state index in [1.165, 1.54) is 0 Å². The molecule has 0 aromatic carbocycles. The molecule has 0 saturated heterocycles. The first-order valence-corrected chi connectivity index (χ1v) is 5.40. The van der Waals surface area contributed by atoms with Crippen LogP contribution in [0.15, 0.2) is 23.3 Å². The summed E-state index contributed by atoms with van der Waals surface area (Å²) in [6.07, 6.45) is 1.96. The van der Waals surface area contributed by atoms with Gasteiger partial charge in [0.25, 0.3) is 0 Å². The first-order chi connectivity index (χ1) is 7.28. The van der Waals surface area contributed by atoms with Crippen LogP contribution in [0.3, 0.4) is 0 Å². The molecule has 0 unspecified atom stereocenters. The molecule has 0 aromatic rings. The molecule has 0 amide bonds. The maximum atomic E-state index is 9.02. The standard InChI is InChI=1S/C10H8BrN3O/c11-9-4-14-2-1-8-7(10(14)13-9)3-6(5-15)12-8/h1-3,15H,4-5H2. The molecule has 0 radical (unpaired) electrons. The van der Waals surface area contributed by atoms with E-state index in [-0.39, 0.29) is 6.61 Å². The van der Waals surface area contributed by atoms with Crippen LogP contribution < -0.4 is 0 Å². The lowest BCUT2D eigenvalue weighted by molar-refractivity contribution is 0.278. The zero-order chi connectivity index (χ0) is 10.4. The summed E-state index contributed by atoms with van der Waals surface area (Å²) in [5, 5.41) is 9.02. The lowest BCUT2D eigenvalue weighted by Gasteiger charge is -2.05. The Kier molecular flexibility index (Phi) is 1.90. The van der Waals surface area contributed by atoms with Crippen LogP contribution in [0.2, 0.25) is 0 Å². The number of hydrogen-bond donors (Lipinski definition) is 1. The number of fused-ring (bicyclic) bond motifs is 3. The number of aromatic nitrogens is 2. The monoisotopic (exact) mass is 265 g/mol. The zero-order valence-corrected chi connectivity index (χ0v) is 9.40. The van der Waals surface area contributed by atoms with Crippen molar-refractivity contribution in [2.75, 3.05) is 0 Å². The summed E-state index contributed by atoms with van der Waals surface area (Å²) in [7, 11) is 0. The number of aliphatic imine (C=N–C) groups is 1. The Morgan fingerprint density at radius 3 is 3.20 bits per heavy atom. The summed E-state index contributed by atoms with van der Waals surface area (Å²) in [5.74, 6) is 0.909. The molecule has 0 aromatic heterocycles. The van der Waals surface area contributed by atoms with Crippen molar-refractivity contribution in [3.63, 3.8) is 0 Å². The third-order valence-corrected chi connectivity index (χ3v) is 2.89. The minimum Gasteiger partial charge on any atom is -0.390 e. The van der Waals surface area contributed by atoms with E-state index < -0.39 is 0 Å². The number of pyridine rings is 1. The second kappa shape index (κ2) is 3.15. The molecule has 5 heteroatoms. The van der Waals surface area contributed by atoms with E-state index in [1.807, 2.05) is 18.3 Å². The van der Waals surface area contributed by atoms with Crippen molar-refractivity contribution in [1.82, 2.24) is 9.55 Å². The van der Waals surface area contributed by atoms with Crippen LogP contribution in [0.4, 0.5) is 5.82 Å². The van der Waals surface area contributed by atoms with Gasteiger partial charge in [-0.05, 0) is 28.1 Å². The molecule has 3 heterocycles. The Balaban J connectivity index is 2.27. The minimum absolute atomic E-state index is 0.0288. The summed E-state index contributed by atoms with van der Waals surface area (Å²) < 4.78 is 2.97. The van der Waals surface area contributed by atoms with Gasteiger partial charge in [0.1, 0.15) is 10.4 Å². The second-order valence-corrected chi connectivity index (χ2v) is 4.38. The fourth-order valence-corrected chi connectivity index (χ4v) is 2.24. The normalized spacial score (nSPS) is 14.4. The zero-order valence-electron chi connectivity index (χ0n) is 7.81. The highest BCUT2D eigenvalue weighted by molar-refractivity contribution is 9.18. The number of rotatable bonds is 1. The molecule has 3 aliphatic heterocycles. The van der Waals surface area contributed by atoms with Gasteiger partial charge in [0.05, 0.1) is 24.5 Å². The van der Waals surface area contributed by atoms with Crippen molar-refractivity contribution in [3.05, 3.63) is 24.0 Å². The van der Waals surface area contributed by atoms with Gasteiger partial charge in [-0.15, -0.1) is 0 Å². The van der Waals surface area contributed by atoms with Gasteiger partial charge in [-0.2, -0.15) is 0 Å². The maximum Gasteiger partial charge on any atom is 0.143 e. The summed E-state index contributed by atoms with van der Waals surface area (Å²) in [4.78, 5) is 8.69. The Bertz CT molecular complexity index is 532. The van der Waals surface area contributed by atoms with Crippen molar-refractivity contribution < 1.29 is 5.11 Å². The number of halogens is 1. The fourth-order valence-electron chi connectivity index (χ4n) is 1.80. The van der Waals surface area contributed by atoms with E-state index in [0.29, 0.717) is 5.69 Å². The molecule has 76 valence electrons. The Hall–Kier alpha value is -1.20. The number of nitrogens with zero attached hydrogens (tertiary/aromatic N) is 3. The minimum atomic E-state index is -0.0288. The predicted molar refractivity (Wildman–Crippen MR) is 60.8 cm³/mol. The highest BCUT2D eigenvalue weighted by Gasteiger charge is 2.19. The van der Waals surface area contributed by atoms with Gasteiger partial charge in [-0.3, -0.25) is 4.98 Å². The lowest BCUT2D eigenvalue weighted by atomic mass is 10.2. The van der Waals surface area contributed by atoms with Crippen LogP contribution in [0, 0.1) is 0 Å². The van der Waals surface area contributed by atoms with Crippen molar-refractivity contribution in [3.8, 4) is 11.3 Å². The molecule has 0 fully saturated rings. The van der Waals surface area contributed by atoms with E-state index in [2.05, 4.69) is 30.5 Å². The highest BCUT2D eigenvalue weighted by atomic mass is 79.9. The first-order valence-electron chi connectivity index (χ1n) is 4.60. The van der Waals surface area contributed by atoms with E-state index in [0.717, 1.165) is 28.2 Å². The Morgan fingerprint density at radius 1 is 1.53 bits per heavy atom. The first kappa shape index (κ1) is 9.06. The smallest absolute Gasteiger partial charge is 0.143 e. The van der Waals surface area contributed by atoms with E-state index in [9.17, 15) is 0 Å². The number of hydrogen-bond acceptors (Lipinski definition) is 3. The molecule has 0 bridgehead atoms. The van der Waals surface area contributed by atoms with Crippen LogP contribution in [0.1, 0.15) is 5.69 Å². The largest absolute Gasteiger partial charge is 0.390 e. The molecule has 0 saturated carbocycles. The molecule has 0 aliphatic carbocycles. The summed E-state index contributed by atoms with van der Waals surface area (Å²) in [6.45, 7) is 0.740. The van der Waals surface area contributed by atoms with Gasteiger partial charge in [0.2, 0.25) is 0 Å². The van der Waals surface area contributed by atoms with Gasteiger partial charge in [-0.1, -0.05) is 0 Å². The SMILES string of the molecule is OCc1cc2c3n(ccc-2n1)CC(Br)=N3. The number of aliphatic hydroxyl groups is 1. The molecule has 3 rings (SSSR count). The summed E-state index contributed by atoms with van der Waals surface area (Å²) in [6, 6.07) is 3.83. The van der Waals surface area contributed by atoms with Gasteiger partial charge in [-0.25, -0.2) is 4.99 Å². The summed E-state index contributed by atoms with van der Waals surface area (Å²) >= 11 is 3.39. The number of aliphatic hydroxyl groups excluding tert-OH is 1. The molecule has 15 heavy (non-hydrogen) atoms.